The molecule has 1 aliphatic heterocycles. The summed E-state index contributed by atoms with van der Waals surface area (Å²) >= 11 is 1.70. The Hall–Kier alpha value is -1.93. The van der Waals surface area contributed by atoms with Crippen LogP contribution in [0, 0.1) is 0 Å². The van der Waals surface area contributed by atoms with E-state index in [2.05, 4.69) is 20.1 Å². The minimum absolute atomic E-state index is 0.0427. The van der Waals surface area contributed by atoms with Gasteiger partial charge in [-0.2, -0.15) is 20.5 Å². The van der Waals surface area contributed by atoms with E-state index in [-0.39, 0.29) is 5.75 Å². The highest BCUT2D eigenvalue weighted by atomic mass is 32.2. The smallest absolute Gasteiger partial charge is 0.387 e. The van der Waals surface area contributed by atoms with Gasteiger partial charge in [-0.1, -0.05) is 12.1 Å². The average Bonchev–Trinajstić information content (AvgIpc) is 2.94. The summed E-state index contributed by atoms with van der Waals surface area (Å²) < 4.78 is 29.5. The van der Waals surface area contributed by atoms with Crippen molar-refractivity contribution in [2.24, 2.45) is 5.84 Å². The van der Waals surface area contributed by atoms with Crippen LogP contribution >= 0.6 is 11.8 Å². The molecule has 2 aromatic rings. The first-order valence-corrected chi connectivity index (χ1v) is 7.33. The van der Waals surface area contributed by atoms with Crippen LogP contribution in [0.15, 0.2) is 24.3 Å². The number of nitrogens with zero attached hydrogens (tertiary/aromatic N) is 2. The molecule has 0 radical (unpaired) electrons. The standard InChI is InChI=1S/C13H12F2N4OS/c14-13(15)20-10-4-2-1-3-7(10)11-17-9-6-21-5-8(9)12(18-11)19-16/h1-4,13H,5-6,16H2,(H,17,18,19). The van der Waals surface area contributed by atoms with Gasteiger partial charge in [-0.3, -0.25) is 0 Å². The van der Waals surface area contributed by atoms with Gasteiger partial charge < -0.3 is 10.2 Å². The maximum atomic E-state index is 12.5. The van der Waals surface area contributed by atoms with Gasteiger partial charge in [0.05, 0.1) is 11.3 Å². The summed E-state index contributed by atoms with van der Waals surface area (Å²) in [5.74, 6) is 7.90. The zero-order chi connectivity index (χ0) is 14.8. The maximum absolute atomic E-state index is 12.5. The lowest BCUT2D eigenvalue weighted by molar-refractivity contribution is -0.0494. The number of thioether (sulfide) groups is 1. The van der Waals surface area contributed by atoms with E-state index < -0.39 is 6.61 Å². The number of hydrogen-bond acceptors (Lipinski definition) is 6. The van der Waals surface area contributed by atoms with Gasteiger partial charge in [0.2, 0.25) is 0 Å². The average molecular weight is 310 g/mol. The number of hydrogen-bond donors (Lipinski definition) is 2. The number of nitrogens with two attached hydrogens (primary N) is 1. The van der Waals surface area contributed by atoms with Gasteiger partial charge in [-0.05, 0) is 12.1 Å². The molecule has 110 valence electrons. The third-order valence-corrected chi connectivity index (χ3v) is 4.03. The number of anilines is 1. The number of nitrogen functional groups attached to an aromatic ring is 1. The van der Waals surface area contributed by atoms with E-state index in [1.165, 1.54) is 6.07 Å². The molecule has 0 spiro atoms. The fraction of sp³-hybridized carbons (Fsp3) is 0.231. The zero-order valence-electron chi connectivity index (χ0n) is 10.8. The van der Waals surface area contributed by atoms with Crippen LogP contribution in [0.1, 0.15) is 11.3 Å². The molecule has 8 heteroatoms. The zero-order valence-corrected chi connectivity index (χ0v) is 11.7. The number of fused-ring (bicyclic) bond motifs is 1. The van der Waals surface area contributed by atoms with Gasteiger partial charge >= 0.3 is 6.61 Å². The van der Waals surface area contributed by atoms with Gasteiger partial charge in [0.1, 0.15) is 11.6 Å². The predicted octanol–water partition coefficient (Wildman–Crippen LogP) is 2.78. The number of alkyl halides is 2. The lowest BCUT2D eigenvalue weighted by atomic mass is 10.1. The summed E-state index contributed by atoms with van der Waals surface area (Å²) in [6.45, 7) is -2.90. The molecule has 0 aliphatic carbocycles. The van der Waals surface area contributed by atoms with Crippen LogP contribution in [0.4, 0.5) is 14.6 Å². The highest BCUT2D eigenvalue weighted by Gasteiger charge is 2.21. The van der Waals surface area contributed by atoms with Crippen molar-refractivity contribution >= 4 is 17.6 Å². The molecule has 2 heterocycles. The van der Waals surface area contributed by atoms with Gasteiger partial charge in [-0.25, -0.2) is 15.8 Å². The molecule has 0 amide bonds. The second-order valence-corrected chi connectivity index (χ2v) is 5.32. The van der Waals surface area contributed by atoms with Crippen LogP contribution in [0.2, 0.25) is 0 Å². The Kier molecular flexibility index (Phi) is 3.89. The molecule has 3 N–H and O–H groups in total. The fourth-order valence-corrected chi connectivity index (χ4v) is 3.18. The molecule has 0 atom stereocenters. The summed E-state index contributed by atoms with van der Waals surface area (Å²) in [6, 6.07) is 6.44. The second-order valence-electron chi connectivity index (χ2n) is 4.33. The van der Waals surface area contributed by atoms with E-state index in [0.717, 1.165) is 22.8 Å². The summed E-state index contributed by atoms with van der Waals surface area (Å²) in [6.07, 6.45) is 0. The molecule has 21 heavy (non-hydrogen) atoms. The van der Waals surface area contributed by atoms with E-state index in [4.69, 9.17) is 5.84 Å². The lowest BCUT2D eigenvalue weighted by Crippen LogP contribution is -2.13. The van der Waals surface area contributed by atoms with E-state index in [9.17, 15) is 8.78 Å². The molecule has 1 aromatic heterocycles. The van der Waals surface area contributed by atoms with Crippen molar-refractivity contribution in [2.45, 2.75) is 18.1 Å². The first-order chi connectivity index (χ1) is 10.2. The Morgan fingerprint density at radius 2 is 2.05 bits per heavy atom. The van der Waals surface area contributed by atoms with Gasteiger partial charge in [0.15, 0.2) is 5.82 Å². The molecular formula is C13H12F2N4OS. The highest BCUT2D eigenvalue weighted by molar-refractivity contribution is 7.98. The van der Waals surface area contributed by atoms with E-state index in [1.54, 1.807) is 30.0 Å². The third kappa shape index (κ3) is 2.77. The Labute approximate surface area is 123 Å². The van der Waals surface area contributed by atoms with Crippen LogP contribution in [-0.4, -0.2) is 16.6 Å². The molecule has 1 aromatic carbocycles. The summed E-state index contributed by atoms with van der Waals surface area (Å²) in [5, 5.41) is 0. The lowest BCUT2D eigenvalue weighted by Gasteiger charge is -2.12. The Morgan fingerprint density at radius 3 is 2.81 bits per heavy atom. The number of nitrogens with one attached hydrogen (secondary N) is 1. The first-order valence-electron chi connectivity index (χ1n) is 6.17. The van der Waals surface area contributed by atoms with Gasteiger partial charge in [0.25, 0.3) is 0 Å². The second kappa shape index (κ2) is 5.82. The van der Waals surface area contributed by atoms with Crippen LogP contribution in [0.5, 0.6) is 5.75 Å². The van der Waals surface area contributed by atoms with Crippen molar-refractivity contribution in [3.05, 3.63) is 35.5 Å². The van der Waals surface area contributed by atoms with E-state index in [1.807, 2.05) is 0 Å². The maximum Gasteiger partial charge on any atom is 0.387 e. The Bertz CT molecular complexity index is 669. The van der Waals surface area contributed by atoms with Crippen molar-refractivity contribution in [1.29, 1.82) is 0 Å². The molecular weight excluding hydrogens is 298 g/mol. The van der Waals surface area contributed by atoms with Crippen LogP contribution in [0.25, 0.3) is 11.4 Å². The molecule has 1 aliphatic rings. The minimum Gasteiger partial charge on any atom is -0.434 e. The predicted molar refractivity (Wildman–Crippen MR) is 76.9 cm³/mol. The Morgan fingerprint density at radius 1 is 1.24 bits per heavy atom. The first kappa shape index (κ1) is 14.0. The molecule has 0 fully saturated rings. The monoisotopic (exact) mass is 310 g/mol. The molecule has 0 saturated heterocycles. The molecule has 0 bridgehead atoms. The van der Waals surface area contributed by atoms with Crippen molar-refractivity contribution in [2.75, 3.05) is 5.43 Å². The SMILES string of the molecule is NNc1nc(-c2ccccc2OC(F)F)nc2c1CSC2. The van der Waals surface area contributed by atoms with Crippen molar-refractivity contribution in [3.8, 4) is 17.1 Å². The number of benzene rings is 1. The number of aromatic nitrogens is 2. The topological polar surface area (TPSA) is 73.1 Å². The molecule has 0 unspecified atom stereocenters. The summed E-state index contributed by atoms with van der Waals surface area (Å²) in [7, 11) is 0. The van der Waals surface area contributed by atoms with Crippen LogP contribution < -0.4 is 16.0 Å². The normalized spacial score (nSPS) is 13.3. The number of hydrazine groups is 1. The molecule has 3 rings (SSSR count). The van der Waals surface area contributed by atoms with E-state index in [0.29, 0.717) is 17.2 Å². The quantitative estimate of drug-likeness (QED) is 0.668. The number of rotatable bonds is 4. The fourth-order valence-electron chi connectivity index (χ4n) is 2.14. The van der Waals surface area contributed by atoms with Gasteiger partial charge in [0, 0.05) is 17.1 Å². The summed E-state index contributed by atoms with van der Waals surface area (Å²) in [4.78, 5) is 8.76. The van der Waals surface area contributed by atoms with Gasteiger partial charge in [-0.15, -0.1) is 0 Å². The minimum atomic E-state index is -2.90. The Balaban J connectivity index is 2.09. The number of ether oxygens (including phenoxy) is 1. The number of para-hydroxylation sites is 1. The van der Waals surface area contributed by atoms with Crippen molar-refractivity contribution in [3.63, 3.8) is 0 Å². The molecule has 0 saturated carbocycles. The van der Waals surface area contributed by atoms with E-state index >= 15 is 0 Å². The third-order valence-electron chi connectivity index (χ3n) is 3.06. The number of halogens is 2. The van der Waals surface area contributed by atoms with Crippen LogP contribution in [0.3, 0.4) is 0 Å². The van der Waals surface area contributed by atoms with Crippen molar-refractivity contribution < 1.29 is 13.5 Å². The molecule has 5 nitrogen and oxygen atoms in total. The highest BCUT2D eigenvalue weighted by Crippen LogP contribution is 2.36. The van der Waals surface area contributed by atoms with Crippen molar-refractivity contribution in [1.82, 2.24) is 9.97 Å². The largest absolute Gasteiger partial charge is 0.434 e. The van der Waals surface area contributed by atoms with Crippen LogP contribution in [-0.2, 0) is 11.5 Å². The summed E-state index contributed by atoms with van der Waals surface area (Å²) in [5.41, 5.74) is 4.78.